The molecule has 7 N–H and O–H groups in total. The number of hydrazine groups is 2. The summed E-state index contributed by atoms with van der Waals surface area (Å²) in [5.74, 6) is -9.73. The van der Waals surface area contributed by atoms with Crippen molar-refractivity contribution in [1.82, 2.24) is 41.6 Å². The molecule has 4 heterocycles. The molecular formula is C39H66N8O13. The molecule has 4 fully saturated rings. The molecule has 4 rings (SSSR count). The van der Waals surface area contributed by atoms with Gasteiger partial charge in [0.2, 0.25) is 11.7 Å². The van der Waals surface area contributed by atoms with Crippen LogP contribution in [0, 0.1) is 17.8 Å². The number of hydroxylamine groups is 4. The summed E-state index contributed by atoms with van der Waals surface area (Å²) in [6, 6.07) is -7.60. The fourth-order valence-electron chi connectivity index (χ4n) is 8.11. The summed E-state index contributed by atoms with van der Waals surface area (Å²) in [5.41, 5.74) is 2.99. The van der Waals surface area contributed by atoms with Crippen molar-refractivity contribution < 1.29 is 63.3 Å². The van der Waals surface area contributed by atoms with Gasteiger partial charge in [-0.2, -0.15) is 0 Å². The highest BCUT2D eigenvalue weighted by Gasteiger charge is 2.57. The number of hydrogen-bond donors (Lipinski definition) is 7. The van der Waals surface area contributed by atoms with Crippen LogP contribution in [0.15, 0.2) is 0 Å². The third-order valence-electron chi connectivity index (χ3n) is 12.4. The first kappa shape index (κ1) is 48.7. The Bertz CT molecular complexity index is 1600. The summed E-state index contributed by atoms with van der Waals surface area (Å²) in [7, 11) is 1.14. The van der Waals surface area contributed by atoms with Gasteiger partial charge in [-0.1, -0.05) is 34.1 Å². The number of fused-ring (bicyclic) bond motifs is 2. The van der Waals surface area contributed by atoms with Crippen LogP contribution < -0.4 is 21.5 Å². The zero-order valence-electron chi connectivity index (χ0n) is 36.3. The fourth-order valence-corrected chi connectivity index (χ4v) is 8.11. The maximum Gasteiger partial charge on any atom is 0.331 e. The largest absolute Gasteiger partial charge is 0.458 e. The number of cyclic esters (lactones) is 1. The number of carbonyl (C=O) groups is 7. The van der Waals surface area contributed by atoms with E-state index in [1.807, 2.05) is 0 Å². The summed E-state index contributed by atoms with van der Waals surface area (Å²) in [6.45, 7) is 12.5. The minimum absolute atomic E-state index is 0.0366. The van der Waals surface area contributed by atoms with Gasteiger partial charge in [-0.25, -0.2) is 25.8 Å². The molecule has 0 aliphatic carbocycles. The van der Waals surface area contributed by atoms with E-state index in [9.17, 15) is 49.0 Å². The van der Waals surface area contributed by atoms with E-state index in [1.165, 1.54) is 6.92 Å². The molecule has 60 heavy (non-hydrogen) atoms. The van der Waals surface area contributed by atoms with E-state index in [0.717, 1.165) is 48.9 Å². The lowest BCUT2D eigenvalue weighted by Crippen LogP contribution is -2.70. The lowest BCUT2D eigenvalue weighted by atomic mass is 9.79. The highest BCUT2D eigenvalue weighted by molar-refractivity contribution is 5.97. The van der Waals surface area contributed by atoms with E-state index < -0.39 is 108 Å². The summed E-state index contributed by atoms with van der Waals surface area (Å²) >= 11 is 0. The first-order valence-electron chi connectivity index (χ1n) is 21.0. The smallest absolute Gasteiger partial charge is 0.331 e. The maximum atomic E-state index is 14.9. The number of rotatable bonds is 8. The molecule has 11 atom stereocenters. The molecule has 4 aliphatic heterocycles. The molecule has 340 valence electrons. The SMILES string of the molecule is CC[C@H](C)C[C@H]1CC[C@](O)([C@](C)(O)C(=O)N[C@@H]2C(=O)N3NCCC[C@@H]3C(=O)N(OC)[C@@H](C)C(=O)NCC(=O)N3NCCC[C@H]3C(=O)N(O)[C@H](C)C(=O)O[C@H]2C(C)C)O[C@@H]1C. The van der Waals surface area contributed by atoms with Gasteiger partial charge in [-0.3, -0.25) is 48.8 Å². The highest BCUT2D eigenvalue weighted by Crippen LogP contribution is 2.40. The Balaban J connectivity index is 1.78. The molecular weight excluding hydrogens is 788 g/mol. The Morgan fingerprint density at radius 3 is 2.12 bits per heavy atom. The van der Waals surface area contributed by atoms with Gasteiger partial charge < -0.3 is 30.3 Å². The molecule has 21 heteroatoms. The number of esters is 1. The lowest BCUT2D eigenvalue weighted by Gasteiger charge is -2.47. The summed E-state index contributed by atoms with van der Waals surface area (Å²) < 4.78 is 11.9. The Hall–Kier alpha value is -3.99. The van der Waals surface area contributed by atoms with Crippen LogP contribution in [0.4, 0.5) is 0 Å². The van der Waals surface area contributed by atoms with Crippen LogP contribution in [0.3, 0.4) is 0 Å². The van der Waals surface area contributed by atoms with Gasteiger partial charge in [0, 0.05) is 19.5 Å². The average Bonchev–Trinajstić information content (AvgIpc) is 3.23. The van der Waals surface area contributed by atoms with Crippen LogP contribution in [0.25, 0.3) is 0 Å². The Morgan fingerprint density at radius 1 is 0.950 bits per heavy atom. The lowest BCUT2D eigenvalue weighted by molar-refractivity contribution is -0.326. The van der Waals surface area contributed by atoms with Crippen molar-refractivity contribution in [3.8, 4) is 0 Å². The van der Waals surface area contributed by atoms with Crippen molar-refractivity contribution in [2.75, 3.05) is 26.7 Å². The van der Waals surface area contributed by atoms with Crippen molar-refractivity contribution in [2.24, 2.45) is 17.8 Å². The molecule has 0 radical (unpaired) electrons. The van der Waals surface area contributed by atoms with E-state index in [0.29, 0.717) is 25.2 Å². The Labute approximate surface area is 351 Å². The second kappa shape index (κ2) is 20.3. The number of carbonyl (C=O) groups excluding carboxylic acids is 7. The standard InChI is InChI=1S/C39H66N8O13/c1-10-22(4)19-26-15-16-39(56,60-25(26)7)38(8,55)37(54)43-30-31(21(2)3)59-36(53)24(6)46(57)33(50)27-13-11-17-41-44(27)29(48)20-40-32(49)23(5)47(58-9)34(51)28-14-12-18-42-45(28)35(30)52/h21-28,30-31,41-42,55-57H,10-20H2,1-9H3,(H,40,49)(H,43,54)/t22-,23-,24+,25+,26+,27-,28+,30-,31-,38+,39+/m0/s1. The van der Waals surface area contributed by atoms with Crippen LogP contribution in [-0.2, 0) is 47.9 Å². The molecule has 0 aromatic carbocycles. The van der Waals surface area contributed by atoms with Crippen molar-refractivity contribution >= 4 is 41.4 Å². The van der Waals surface area contributed by atoms with Crippen LogP contribution in [0.5, 0.6) is 0 Å². The molecule has 21 nitrogen and oxygen atoms in total. The van der Waals surface area contributed by atoms with Crippen molar-refractivity contribution in [3.63, 3.8) is 0 Å². The van der Waals surface area contributed by atoms with E-state index in [-0.39, 0.29) is 43.3 Å². The Kier molecular flexibility index (Phi) is 16.4. The number of hydrogen-bond acceptors (Lipinski definition) is 15. The van der Waals surface area contributed by atoms with Gasteiger partial charge in [-0.05, 0) is 84.0 Å². The first-order valence-corrected chi connectivity index (χ1v) is 21.0. The van der Waals surface area contributed by atoms with Gasteiger partial charge in [0.25, 0.3) is 29.5 Å². The third-order valence-corrected chi connectivity index (χ3v) is 12.4. The molecule has 6 amide bonds. The van der Waals surface area contributed by atoms with Crippen LogP contribution in [0.2, 0.25) is 0 Å². The summed E-state index contributed by atoms with van der Waals surface area (Å²) in [4.78, 5) is 103. The van der Waals surface area contributed by atoms with E-state index in [2.05, 4.69) is 35.3 Å². The van der Waals surface area contributed by atoms with Crippen LogP contribution >= 0.6 is 0 Å². The number of nitrogens with zero attached hydrogens (tertiary/aromatic N) is 4. The normalized spacial score (nSPS) is 33.8. The number of aliphatic hydroxyl groups is 2. The molecule has 0 unspecified atom stereocenters. The van der Waals surface area contributed by atoms with Gasteiger partial charge in [0.1, 0.15) is 30.3 Å². The topological polar surface area (TPSA) is 269 Å². The highest BCUT2D eigenvalue weighted by atomic mass is 16.7. The maximum absolute atomic E-state index is 14.9. The Morgan fingerprint density at radius 2 is 1.55 bits per heavy atom. The summed E-state index contributed by atoms with van der Waals surface area (Å²) in [6.07, 6.45) is 0.819. The molecule has 0 aromatic heterocycles. The van der Waals surface area contributed by atoms with E-state index in [4.69, 9.17) is 14.3 Å². The molecule has 0 saturated carbocycles. The zero-order chi connectivity index (χ0) is 44.9. The van der Waals surface area contributed by atoms with Gasteiger partial charge in [-0.15, -0.1) is 0 Å². The third kappa shape index (κ3) is 10.4. The van der Waals surface area contributed by atoms with E-state index >= 15 is 0 Å². The number of ether oxygens (including phenoxy) is 2. The van der Waals surface area contributed by atoms with Gasteiger partial charge in [0.05, 0.1) is 19.8 Å². The second-order valence-electron chi connectivity index (χ2n) is 17.0. The molecule has 4 aliphatic rings. The van der Waals surface area contributed by atoms with Gasteiger partial charge >= 0.3 is 5.97 Å². The van der Waals surface area contributed by atoms with Crippen molar-refractivity contribution in [3.05, 3.63) is 0 Å². The first-order chi connectivity index (χ1) is 28.1. The molecule has 0 spiro atoms. The van der Waals surface area contributed by atoms with Crippen LogP contribution in [-0.4, -0.2) is 158 Å². The van der Waals surface area contributed by atoms with Crippen molar-refractivity contribution in [1.29, 1.82) is 0 Å². The predicted molar refractivity (Wildman–Crippen MR) is 210 cm³/mol. The van der Waals surface area contributed by atoms with E-state index in [1.54, 1.807) is 20.8 Å². The minimum Gasteiger partial charge on any atom is -0.458 e. The van der Waals surface area contributed by atoms with Crippen LogP contribution in [0.1, 0.15) is 107 Å². The minimum atomic E-state index is -2.68. The zero-order valence-corrected chi connectivity index (χ0v) is 36.3. The number of amides is 6. The number of nitrogens with one attached hydrogen (secondary N) is 4. The predicted octanol–water partition coefficient (Wildman–Crippen LogP) is -0.764. The van der Waals surface area contributed by atoms with Crippen molar-refractivity contribution in [2.45, 2.75) is 161 Å². The molecule has 0 aromatic rings. The van der Waals surface area contributed by atoms with Gasteiger partial charge in [0.15, 0.2) is 11.6 Å². The fraction of sp³-hybridized carbons (Fsp3) is 0.821. The second-order valence-corrected chi connectivity index (χ2v) is 17.0. The summed E-state index contributed by atoms with van der Waals surface area (Å²) in [5, 5.41) is 42.4. The molecule has 4 saturated heterocycles. The monoisotopic (exact) mass is 854 g/mol. The average molecular weight is 855 g/mol. The quantitative estimate of drug-likeness (QED) is 0.117. The molecule has 0 bridgehead atoms.